The molecular weight excluding hydrogens is 162 g/mol. The van der Waals surface area contributed by atoms with Gasteiger partial charge in [0.25, 0.3) is 0 Å². The third-order valence-electron chi connectivity index (χ3n) is 0.828. The minimum Gasteiger partial charge on any atom is -0.368 e. The van der Waals surface area contributed by atoms with Crippen LogP contribution in [-0.4, -0.2) is 16.6 Å². The van der Waals surface area contributed by atoms with Crippen molar-refractivity contribution in [1.82, 2.24) is 5.32 Å². The first kappa shape index (κ1) is 9.98. The van der Waals surface area contributed by atoms with E-state index in [9.17, 15) is 0 Å². The van der Waals surface area contributed by atoms with E-state index in [1.165, 1.54) is 6.42 Å². The Balaban J connectivity index is 3.16. The van der Waals surface area contributed by atoms with E-state index in [0.717, 1.165) is 16.6 Å². The van der Waals surface area contributed by atoms with Gasteiger partial charge in [-0.3, -0.25) is 0 Å². The highest BCUT2D eigenvalue weighted by Crippen LogP contribution is 2.02. The Hall–Kier alpha value is -0.0200. The van der Waals surface area contributed by atoms with E-state index in [1.54, 1.807) is 17.8 Å². The molecule has 0 radical (unpaired) electrons. The van der Waals surface area contributed by atoms with Gasteiger partial charge in [0.15, 0.2) is 0 Å². The van der Waals surface area contributed by atoms with E-state index in [-0.39, 0.29) is 0 Å². The van der Waals surface area contributed by atoms with Crippen LogP contribution in [0.3, 0.4) is 0 Å². The summed E-state index contributed by atoms with van der Waals surface area (Å²) in [7, 11) is 0. The predicted molar refractivity (Wildman–Crippen MR) is 53.5 cm³/mol. The fourth-order valence-corrected chi connectivity index (χ4v) is 1.31. The summed E-state index contributed by atoms with van der Waals surface area (Å²) in [5.41, 5.74) is 0. The summed E-state index contributed by atoms with van der Waals surface area (Å²) >= 11 is 6.68. The van der Waals surface area contributed by atoms with E-state index < -0.39 is 0 Å². The summed E-state index contributed by atoms with van der Waals surface area (Å²) in [6.07, 6.45) is 2.97. The Morgan fingerprint density at radius 2 is 2.50 bits per heavy atom. The number of hydrogen-bond acceptors (Lipinski definition) is 2. The second-order valence-electron chi connectivity index (χ2n) is 1.81. The highest BCUT2D eigenvalue weighted by Gasteiger charge is 1.91. The van der Waals surface area contributed by atoms with E-state index in [4.69, 9.17) is 12.2 Å². The first-order valence-corrected chi connectivity index (χ1v) is 4.72. The first-order chi connectivity index (χ1) is 4.81. The third kappa shape index (κ3) is 6.11. The normalized spacial score (nSPS) is 8.90. The van der Waals surface area contributed by atoms with Crippen molar-refractivity contribution < 1.29 is 0 Å². The zero-order valence-corrected chi connectivity index (χ0v) is 7.86. The van der Waals surface area contributed by atoms with E-state index in [1.807, 2.05) is 0 Å². The molecule has 1 nitrogen and oxygen atoms in total. The second kappa shape index (κ2) is 7.09. The maximum atomic E-state index is 4.99. The monoisotopic (exact) mass is 175 g/mol. The number of hydrogen-bond donors (Lipinski definition) is 1. The van der Waals surface area contributed by atoms with Crippen LogP contribution in [-0.2, 0) is 0 Å². The number of nitrogens with one attached hydrogen (secondary N) is 1. The molecule has 0 spiro atoms. The molecule has 3 heteroatoms. The van der Waals surface area contributed by atoms with Gasteiger partial charge in [-0.05, 0) is 12.2 Å². The Kier molecular flexibility index (Phi) is 7.08. The van der Waals surface area contributed by atoms with Crippen molar-refractivity contribution in [3.8, 4) is 0 Å². The molecule has 0 amide bonds. The minimum atomic E-state index is 0.773. The number of thioether (sulfide) groups is 1. The predicted octanol–water partition coefficient (Wildman–Crippen LogP) is 2.19. The van der Waals surface area contributed by atoms with Crippen molar-refractivity contribution in [3.63, 3.8) is 0 Å². The molecule has 0 fully saturated rings. The summed E-state index contributed by atoms with van der Waals surface area (Å²) in [6, 6.07) is 0. The lowest BCUT2D eigenvalue weighted by Crippen LogP contribution is -2.17. The quantitative estimate of drug-likeness (QED) is 0.519. The number of rotatable bonds is 4. The van der Waals surface area contributed by atoms with E-state index in [0.29, 0.717) is 0 Å². The molecule has 0 heterocycles. The van der Waals surface area contributed by atoms with Crippen molar-refractivity contribution in [2.45, 2.75) is 13.3 Å². The lowest BCUT2D eigenvalue weighted by Gasteiger charge is -2.02. The fourth-order valence-electron chi connectivity index (χ4n) is 0.401. The van der Waals surface area contributed by atoms with E-state index >= 15 is 0 Å². The second-order valence-corrected chi connectivity index (χ2v) is 3.58. The van der Waals surface area contributed by atoms with Crippen LogP contribution < -0.4 is 5.32 Å². The van der Waals surface area contributed by atoms with Gasteiger partial charge in [-0.1, -0.05) is 37.0 Å². The molecule has 0 aromatic carbocycles. The van der Waals surface area contributed by atoms with Crippen LogP contribution in [0.15, 0.2) is 12.7 Å². The molecule has 58 valence electrons. The molecule has 0 saturated carbocycles. The van der Waals surface area contributed by atoms with Gasteiger partial charge in [0.2, 0.25) is 0 Å². The maximum Gasteiger partial charge on any atom is 0.134 e. The van der Waals surface area contributed by atoms with Crippen LogP contribution in [0.5, 0.6) is 0 Å². The zero-order chi connectivity index (χ0) is 7.82. The van der Waals surface area contributed by atoms with Crippen LogP contribution in [0.25, 0.3) is 0 Å². The average molecular weight is 175 g/mol. The highest BCUT2D eigenvalue weighted by atomic mass is 32.2. The van der Waals surface area contributed by atoms with Crippen LogP contribution >= 0.6 is 24.0 Å². The molecule has 0 bridgehead atoms. The van der Waals surface area contributed by atoms with Gasteiger partial charge in [0, 0.05) is 6.54 Å². The Morgan fingerprint density at radius 3 is 3.00 bits per heavy atom. The summed E-state index contributed by atoms with van der Waals surface area (Å²) < 4.78 is 0.877. The van der Waals surface area contributed by atoms with Gasteiger partial charge >= 0.3 is 0 Å². The van der Waals surface area contributed by atoms with E-state index in [2.05, 4.69) is 18.8 Å². The summed E-state index contributed by atoms with van der Waals surface area (Å²) in [5, 5.41) is 3.04. The van der Waals surface area contributed by atoms with Gasteiger partial charge in [-0.25, -0.2) is 0 Å². The van der Waals surface area contributed by atoms with Crippen LogP contribution in [0.4, 0.5) is 0 Å². The molecular formula is C7H13NS2. The van der Waals surface area contributed by atoms with Crippen LogP contribution in [0, 0.1) is 0 Å². The standard InChI is InChI=1S/C7H13NS2/c1-3-5-8-7(9)10-6-4-2/h3H,1,4-6H2,2H3,(H,8,9). The molecule has 0 aliphatic heterocycles. The van der Waals surface area contributed by atoms with Crippen molar-refractivity contribution in [1.29, 1.82) is 0 Å². The molecule has 0 aliphatic rings. The fraction of sp³-hybridized carbons (Fsp3) is 0.571. The van der Waals surface area contributed by atoms with Crippen LogP contribution in [0.1, 0.15) is 13.3 Å². The Labute approximate surface area is 72.3 Å². The average Bonchev–Trinajstić information content (AvgIpc) is 1.97. The Morgan fingerprint density at radius 1 is 1.80 bits per heavy atom. The summed E-state index contributed by atoms with van der Waals surface area (Å²) in [6.45, 7) is 6.50. The molecule has 0 aromatic rings. The third-order valence-corrected chi connectivity index (χ3v) is 2.34. The van der Waals surface area contributed by atoms with Crippen molar-refractivity contribution in [2.75, 3.05) is 12.3 Å². The molecule has 0 aliphatic carbocycles. The topological polar surface area (TPSA) is 12.0 Å². The van der Waals surface area contributed by atoms with Crippen LogP contribution in [0.2, 0.25) is 0 Å². The van der Waals surface area contributed by atoms with Gasteiger partial charge in [-0.15, -0.1) is 6.58 Å². The molecule has 0 rings (SSSR count). The summed E-state index contributed by atoms with van der Waals surface area (Å²) in [4.78, 5) is 0. The molecule has 0 unspecified atom stereocenters. The molecule has 1 N–H and O–H groups in total. The highest BCUT2D eigenvalue weighted by molar-refractivity contribution is 8.22. The zero-order valence-electron chi connectivity index (χ0n) is 6.22. The smallest absolute Gasteiger partial charge is 0.134 e. The van der Waals surface area contributed by atoms with Crippen molar-refractivity contribution >= 4 is 28.3 Å². The molecule has 0 atom stereocenters. The SMILES string of the molecule is C=CCNC(=S)SCCC. The largest absolute Gasteiger partial charge is 0.368 e. The Bertz CT molecular complexity index is 112. The van der Waals surface area contributed by atoms with Gasteiger partial charge in [0.1, 0.15) is 4.32 Å². The maximum absolute atomic E-state index is 4.99. The summed E-state index contributed by atoms with van der Waals surface area (Å²) in [5.74, 6) is 1.10. The first-order valence-electron chi connectivity index (χ1n) is 3.32. The molecule has 10 heavy (non-hydrogen) atoms. The lowest BCUT2D eigenvalue weighted by atomic mass is 10.6. The molecule has 0 aromatic heterocycles. The van der Waals surface area contributed by atoms with Gasteiger partial charge in [-0.2, -0.15) is 0 Å². The number of thiocarbonyl (C=S) groups is 1. The van der Waals surface area contributed by atoms with Crippen molar-refractivity contribution in [3.05, 3.63) is 12.7 Å². The lowest BCUT2D eigenvalue weighted by molar-refractivity contribution is 1.08. The molecule has 0 saturated heterocycles. The van der Waals surface area contributed by atoms with Gasteiger partial charge < -0.3 is 5.32 Å². The van der Waals surface area contributed by atoms with Crippen molar-refractivity contribution in [2.24, 2.45) is 0 Å². The van der Waals surface area contributed by atoms with Gasteiger partial charge in [0.05, 0.1) is 0 Å². The minimum absolute atomic E-state index is 0.773.